The summed E-state index contributed by atoms with van der Waals surface area (Å²) in [7, 11) is 0. The van der Waals surface area contributed by atoms with Crippen LogP contribution < -0.4 is 0 Å². The fraction of sp³-hybridized carbons (Fsp3) is 0. The van der Waals surface area contributed by atoms with E-state index in [2.05, 4.69) is 0 Å². The van der Waals surface area contributed by atoms with Gasteiger partial charge in [-0.25, -0.2) is 0 Å². The number of allylic oxidation sites excluding steroid dienone is 1. The molecule has 2 rings (SSSR count). The SMILES string of the molecule is O=C/C=C/c1c(Cl)cc(Cl)cc1-c1ccccc1. The van der Waals surface area contributed by atoms with E-state index in [0.717, 1.165) is 23.0 Å². The van der Waals surface area contributed by atoms with Gasteiger partial charge in [-0.05, 0) is 35.4 Å². The van der Waals surface area contributed by atoms with Crippen molar-refractivity contribution in [3.8, 4) is 11.1 Å². The van der Waals surface area contributed by atoms with Crippen molar-refractivity contribution in [3.05, 3.63) is 64.1 Å². The normalized spacial score (nSPS) is 10.8. The number of aldehydes is 1. The van der Waals surface area contributed by atoms with Gasteiger partial charge in [0.2, 0.25) is 0 Å². The number of hydrogen-bond acceptors (Lipinski definition) is 1. The Labute approximate surface area is 116 Å². The summed E-state index contributed by atoms with van der Waals surface area (Å²) >= 11 is 12.2. The molecule has 0 heterocycles. The van der Waals surface area contributed by atoms with E-state index in [4.69, 9.17) is 23.2 Å². The number of carbonyl (C=O) groups is 1. The molecule has 3 heteroatoms. The van der Waals surface area contributed by atoms with Crippen LogP contribution in [0.2, 0.25) is 10.0 Å². The monoisotopic (exact) mass is 276 g/mol. The molecule has 0 saturated heterocycles. The van der Waals surface area contributed by atoms with Crippen LogP contribution in [0.1, 0.15) is 5.56 Å². The molecule has 0 aliphatic heterocycles. The highest BCUT2D eigenvalue weighted by molar-refractivity contribution is 6.36. The van der Waals surface area contributed by atoms with Crippen molar-refractivity contribution in [1.82, 2.24) is 0 Å². The van der Waals surface area contributed by atoms with Crippen LogP contribution in [0.25, 0.3) is 17.2 Å². The fourth-order valence-electron chi connectivity index (χ4n) is 1.75. The average molecular weight is 277 g/mol. The average Bonchev–Trinajstić information content (AvgIpc) is 2.38. The van der Waals surface area contributed by atoms with E-state index in [1.807, 2.05) is 36.4 Å². The highest BCUT2D eigenvalue weighted by Crippen LogP contribution is 2.33. The molecule has 0 amide bonds. The molecule has 0 aliphatic rings. The van der Waals surface area contributed by atoms with Crippen molar-refractivity contribution in [3.63, 3.8) is 0 Å². The standard InChI is InChI=1S/C15H10Cl2O/c16-12-9-14(11-5-2-1-3-6-11)13(7-4-8-18)15(17)10-12/h1-10H/b7-4+. The number of halogens is 2. The van der Waals surface area contributed by atoms with E-state index < -0.39 is 0 Å². The summed E-state index contributed by atoms with van der Waals surface area (Å²) in [6.07, 6.45) is 3.83. The third-order valence-corrected chi connectivity index (χ3v) is 3.05. The number of carbonyl (C=O) groups excluding carboxylic acids is 1. The molecule has 0 unspecified atom stereocenters. The molecule has 2 aromatic rings. The van der Waals surface area contributed by atoms with E-state index in [1.54, 1.807) is 12.1 Å². The molecule has 18 heavy (non-hydrogen) atoms. The third-order valence-electron chi connectivity index (χ3n) is 2.52. The van der Waals surface area contributed by atoms with Crippen LogP contribution in [-0.2, 0) is 4.79 Å². The zero-order valence-electron chi connectivity index (χ0n) is 9.44. The second kappa shape index (κ2) is 5.85. The van der Waals surface area contributed by atoms with Crippen molar-refractivity contribution >= 4 is 35.6 Å². The lowest BCUT2D eigenvalue weighted by Crippen LogP contribution is -1.85. The van der Waals surface area contributed by atoms with Crippen LogP contribution in [0, 0.1) is 0 Å². The number of rotatable bonds is 3. The highest BCUT2D eigenvalue weighted by atomic mass is 35.5. The van der Waals surface area contributed by atoms with Gasteiger partial charge in [0.15, 0.2) is 0 Å². The van der Waals surface area contributed by atoms with Crippen molar-refractivity contribution in [1.29, 1.82) is 0 Å². The number of benzene rings is 2. The van der Waals surface area contributed by atoms with Gasteiger partial charge in [-0.3, -0.25) is 4.79 Å². The Hall–Kier alpha value is -1.57. The van der Waals surface area contributed by atoms with Crippen molar-refractivity contribution in [2.24, 2.45) is 0 Å². The summed E-state index contributed by atoms with van der Waals surface area (Å²) in [5, 5.41) is 1.10. The fourth-order valence-corrected chi connectivity index (χ4v) is 2.30. The van der Waals surface area contributed by atoms with Crippen LogP contribution in [0.3, 0.4) is 0 Å². The maximum absolute atomic E-state index is 10.4. The van der Waals surface area contributed by atoms with Crippen molar-refractivity contribution in [2.75, 3.05) is 0 Å². The van der Waals surface area contributed by atoms with Crippen molar-refractivity contribution in [2.45, 2.75) is 0 Å². The Morgan fingerprint density at radius 1 is 1.00 bits per heavy atom. The molecular formula is C15H10Cl2O. The molecule has 0 aliphatic carbocycles. The Balaban J connectivity index is 2.64. The van der Waals surface area contributed by atoms with Gasteiger partial charge >= 0.3 is 0 Å². The lowest BCUT2D eigenvalue weighted by atomic mass is 9.99. The summed E-state index contributed by atoms with van der Waals surface area (Å²) in [6.45, 7) is 0. The largest absolute Gasteiger partial charge is 0.299 e. The van der Waals surface area contributed by atoms with E-state index in [0.29, 0.717) is 10.0 Å². The maximum Gasteiger partial charge on any atom is 0.142 e. The van der Waals surface area contributed by atoms with Gasteiger partial charge in [0.25, 0.3) is 0 Å². The molecule has 0 N–H and O–H groups in total. The third kappa shape index (κ3) is 2.81. The first kappa shape index (κ1) is 12.9. The van der Waals surface area contributed by atoms with Gasteiger partial charge in [0.1, 0.15) is 6.29 Å². The summed E-state index contributed by atoms with van der Waals surface area (Å²) < 4.78 is 0. The zero-order chi connectivity index (χ0) is 13.0. The molecule has 2 aromatic carbocycles. The predicted molar refractivity (Wildman–Crippen MR) is 77.0 cm³/mol. The minimum atomic E-state index is 0.527. The van der Waals surface area contributed by atoms with E-state index >= 15 is 0 Å². The highest BCUT2D eigenvalue weighted by Gasteiger charge is 2.08. The van der Waals surface area contributed by atoms with Crippen LogP contribution in [0.5, 0.6) is 0 Å². The lowest BCUT2D eigenvalue weighted by Gasteiger charge is -2.09. The minimum Gasteiger partial charge on any atom is -0.299 e. The molecule has 90 valence electrons. The van der Waals surface area contributed by atoms with E-state index in [1.165, 1.54) is 6.08 Å². The lowest BCUT2D eigenvalue weighted by molar-refractivity contribution is -0.104. The molecule has 0 bridgehead atoms. The minimum absolute atomic E-state index is 0.527. The van der Waals surface area contributed by atoms with Crippen LogP contribution in [0.4, 0.5) is 0 Å². The van der Waals surface area contributed by atoms with Gasteiger partial charge in [-0.1, -0.05) is 53.5 Å². The van der Waals surface area contributed by atoms with Crippen LogP contribution >= 0.6 is 23.2 Å². The van der Waals surface area contributed by atoms with Gasteiger partial charge in [0.05, 0.1) is 0 Å². The quantitative estimate of drug-likeness (QED) is 0.577. The first-order valence-electron chi connectivity index (χ1n) is 5.38. The summed E-state index contributed by atoms with van der Waals surface area (Å²) in [5.74, 6) is 0. The van der Waals surface area contributed by atoms with Gasteiger partial charge in [0, 0.05) is 15.6 Å². The van der Waals surface area contributed by atoms with E-state index in [-0.39, 0.29) is 0 Å². The van der Waals surface area contributed by atoms with E-state index in [9.17, 15) is 4.79 Å². The predicted octanol–water partition coefficient (Wildman–Crippen LogP) is 4.87. The van der Waals surface area contributed by atoms with Gasteiger partial charge in [-0.2, -0.15) is 0 Å². The van der Waals surface area contributed by atoms with Gasteiger partial charge in [-0.15, -0.1) is 0 Å². The molecule has 0 spiro atoms. The molecule has 0 saturated carbocycles. The zero-order valence-corrected chi connectivity index (χ0v) is 10.9. The second-order valence-corrected chi connectivity index (χ2v) is 4.55. The van der Waals surface area contributed by atoms with Crippen LogP contribution in [-0.4, -0.2) is 6.29 Å². The number of hydrogen-bond donors (Lipinski definition) is 0. The van der Waals surface area contributed by atoms with Crippen molar-refractivity contribution < 1.29 is 4.79 Å². The summed E-state index contributed by atoms with van der Waals surface area (Å²) in [4.78, 5) is 10.4. The molecule has 0 radical (unpaired) electrons. The molecule has 0 atom stereocenters. The Morgan fingerprint density at radius 3 is 2.39 bits per heavy atom. The molecule has 1 nitrogen and oxygen atoms in total. The summed E-state index contributed by atoms with van der Waals surface area (Å²) in [5.41, 5.74) is 2.71. The molecule has 0 aromatic heterocycles. The first-order chi connectivity index (χ1) is 8.72. The smallest absolute Gasteiger partial charge is 0.142 e. The second-order valence-electron chi connectivity index (χ2n) is 3.71. The van der Waals surface area contributed by atoms with Crippen LogP contribution in [0.15, 0.2) is 48.5 Å². The Morgan fingerprint density at radius 2 is 1.72 bits per heavy atom. The van der Waals surface area contributed by atoms with Gasteiger partial charge < -0.3 is 0 Å². The molecule has 0 fully saturated rings. The summed E-state index contributed by atoms with van der Waals surface area (Å²) in [6, 6.07) is 13.3. The maximum atomic E-state index is 10.4. The molecular weight excluding hydrogens is 267 g/mol. The Bertz CT molecular complexity index is 589. The Kier molecular flexibility index (Phi) is 4.19. The topological polar surface area (TPSA) is 17.1 Å². The first-order valence-corrected chi connectivity index (χ1v) is 6.14.